The first kappa shape index (κ1) is 27.1. The zero-order chi connectivity index (χ0) is 28.4. The van der Waals surface area contributed by atoms with Crippen molar-refractivity contribution in [1.82, 2.24) is 19.7 Å². The quantitative estimate of drug-likeness (QED) is 0.0888. The van der Waals surface area contributed by atoms with Crippen molar-refractivity contribution in [1.29, 1.82) is 0 Å². The molecular weight excluding hydrogens is 556 g/mol. The number of nitrogens with two attached hydrogens (primary N) is 1. The van der Waals surface area contributed by atoms with Gasteiger partial charge in [-0.1, -0.05) is 23.4 Å². The maximum atomic E-state index is 13.6. The third-order valence-electron chi connectivity index (χ3n) is 5.94. The van der Waals surface area contributed by atoms with E-state index >= 15 is 0 Å². The number of nitrogens with one attached hydrogen (secondary N) is 3. The van der Waals surface area contributed by atoms with E-state index < -0.39 is 27.7 Å². The topological polar surface area (TPSA) is 182 Å². The number of aromatic amines is 2. The largest absolute Gasteiger partial charge is 0.497 e. The van der Waals surface area contributed by atoms with Crippen LogP contribution in [0.5, 0.6) is 5.75 Å². The van der Waals surface area contributed by atoms with E-state index in [0.717, 1.165) is 10.3 Å². The van der Waals surface area contributed by atoms with Crippen LogP contribution in [0.25, 0.3) is 21.3 Å². The second-order valence-electron chi connectivity index (χ2n) is 8.81. The minimum Gasteiger partial charge on any atom is -0.497 e. The van der Waals surface area contributed by atoms with Crippen LogP contribution >= 0.6 is 11.3 Å². The van der Waals surface area contributed by atoms with Gasteiger partial charge in [0, 0.05) is 12.5 Å². The van der Waals surface area contributed by atoms with Gasteiger partial charge in [-0.15, -0.1) is 11.3 Å². The highest BCUT2D eigenvalue weighted by molar-refractivity contribution is 7.89. The highest BCUT2D eigenvalue weighted by atomic mass is 32.2. The van der Waals surface area contributed by atoms with Gasteiger partial charge in [-0.05, 0) is 54.4 Å². The maximum Gasteiger partial charge on any atom is 0.332 e. The molecule has 0 aliphatic carbocycles. The molecule has 5 aromatic rings. The summed E-state index contributed by atoms with van der Waals surface area (Å²) >= 11 is 1.34. The molecule has 0 saturated carbocycles. The second-order valence-corrected chi connectivity index (χ2v) is 11.6. The van der Waals surface area contributed by atoms with Gasteiger partial charge in [-0.2, -0.15) is 0 Å². The monoisotopic (exact) mass is 580 g/mol. The van der Waals surface area contributed by atoms with Gasteiger partial charge in [0.15, 0.2) is 5.84 Å². The third kappa shape index (κ3) is 5.88. The summed E-state index contributed by atoms with van der Waals surface area (Å²) in [5.74, 6) is 0.0434. The highest BCUT2D eigenvalue weighted by Crippen LogP contribution is 2.32. The number of nitrogens with zero attached hydrogens (tertiary/aromatic N) is 2. The number of oxime groups is 1. The standard InChI is InChI=1S/C26H24N6O6S2/c1-14(33)38-31-24(27)16-5-3-4-15(10-16)11-22(25-28-20-8-6-17(37-2)12-23(20)39-25)32-40(35,36)18-7-9-19-21(13-18)30-26(34)29-19/h3-10,12-13,22,32H,11H2,1-2H3,(H2,27,31)(H2,29,30,34). The molecule has 0 aliphatic heterocycles. The molecule has 0 amide bonds. The number of fused-ring (bicyclic) bond motifs is 2. The van der Waals surface area contributed by atoms with Crippen molar-refractivity contribution in [3.63, 3.8) is 0 Å². The van der Waals surface area contributed by atoms with Gasteiger partial charge in [0.1, 0.15) is 10.8 Å². The summed E-state index contributed by atoms with van der Waals surface area (Å²) in [6.45, 7) is 1.21. The van der Waals surface area contributed by atoms with Crippen molar-refractivity contribution >= 4 is 54.4 Å². The number of aromatic nitrogens is 3. The molecule has 5 N–H and O–H groups in total. The van der Waals surface area contributed by atoms with Crippen molar-refractivity contribution < 1.29 is 22.8 Å². The van der Waals surface area contributed by atoms with Crippen molar-refractivity contribution in [3.8, 4) is 5.75 Å². The number of carbonyl (C=O) groups excluding carboxylic acids is 1. The summed E-state index contributed by atoms with van der Waals surface area (Å²) in [7, 11) is -2.49. The van der Waals surface area contributed by atoms with Crippen molar-refractivity contribution in [3.05, 3.63) is 87.3 Å². The van der Waals surface area contributed by atoms with E-state index in [1.807, 2.05) is 18.2 Å². The number of H-pyrrole nitrogens is 2. The summed E-state index contributed by atoms with van der Waals surface area (Å²) in [6, 6.07) is 16.0. The molecule has 0 bridgehead atoms. The number of amidine groups is 1. The number of hydrogen-bond acceptors (Lipinski definition) is 9. The van der Waals surface area contributed by atoms with Crippen LogP contribution in [0.15, 0.2) is 75.5 Å². The Morgan fingerprint density at radius 2 is 1.93 bits per heavy atom. The van der Waals surface area contributed by atoms with E-state index in [0.29, 0.717) is 32.9 Å². The van der Waals surface area contributed by atoms with Crippen molar-refractivity contribution in [2.75, 3.05) is 7.11 Å². The summed E-state index contributed by atoms with van der Waals surface area (Å²) in [4.78, 5) is 37.3. The molecule has 1 atom stereocenters. The van der Waals surface area contributed by atoms with E-state index in [2.05, 4.69) is 24.7 Å². The maximum absolute atomic E-state index is 13.6. The summed E-state index contributed by atoms with van der Waals surface area (Å²) in [5, 5.41) is 4.16. The van der Waals surface area contributed by atoms with Crippen LogP contribution in [-0.2, 0) is 26.1 Å². The molecule has 0 spiro atoms. The molecule has 12 nitrogen and oxygen atoms in total. The van der Waals surface area contributed by atoms with Crippen LogP contribution in [-0.4, -0.2) is 42.3 Å². The Morgan fingerprint density at radius 1 is 1.12 bits per heavy atom. The number of rotatable bonds is 9. The van der Waals surface area contributed by atoms with Crippen molar-refractivity contribution in [2.24, 2.45) is 10.9 Å². The highest BCUT2D eigenvalue weighted by Gasteiger charge is 2.25. The zero-order valence-corrected chi connectivity index (χ0v) is 22.9. The Labute approximate surface area is 231 Å². The molecule has 3 aromatic carbocycles. The van der Waals surface area contributed by atoms with E-state index in [-0.39, 0.29) is 17.2 Å². The van der Waals surface area contributed by atoms with Gasteiger partial charge in [0.2, 0.25) is 10.0 Å². The first-order chi connectivity index (χ1) is 19.1. The van der Waals surface area contributed by atoms with Crippen LogP contribution in [0.4, 0.5) is 0 Å². The normalized spacial score (nSPS) is 13.0. The predicted octanol–water partition coefficient (Wildman–Crippen LogP) is 2.92. The molecule has 206 valence electrons. The molecule has 14 heteroatoms. The average Bonchev–Trinajstić information content (AvgIpc) is 3.52. The van der Waals surface area contributed by atoms with Gasteiger partial charge >= 0.3 is 11.7 Å². The average molecular weight is 581 g/mol. The Balaban J connectivity index is 1.52. The van der Waals surface area contributed by atoms with Gasteiger partial charge in [0.25, 0.3) is 0 Å². The molecule has 5 rings (SSSR count). The lowest BCUT2D eigenvalue weighted by molar-refractivity contribution is -0.140. The molecule has 0 radical (unpaired) electrons. The molecular formula is C26H24N6O6S2. The molecule has 1 unspecified atom stereocenters. The van der Waals surface area contributed by atoms with Crippen LogP contribution in [0.2, 0.25) is 0 Å². The lowest BCUT2D eigenvalue weighted by Crippen LogP contribution is -2.30. The van der Waals surface area contributed by atoms with Gasteiger partial charge < -0.3 is 25.3 Å². The first-order valence-electron chi connectivity index (χ1n) is 11.9. The summed E-state index contributed by atoms with van der Waals surface area (Å²) in [6.07, 6.45) is 0.216. The van der Waals surface area contributed by atoms with Crippen LogP contribution in [0.3, 0.4) is 0 Å². The number of ether oxygens (including phenoxy) is 1. The van der Waals surface area contributed by atoms with Gasteiger partial charge in [-0.25, -0.2) is 27.7 Å². The van der Waals surface area contributed by atoms with E-state index in [4.69, 9.17) is 15.5 Å². The smallest absolute Gasteiger partial charge is 0.332 e. The molecule has 0 aliphatic rings. The first-order valence-corrected chi connectivity index (χ1v) is 14.2. The Kier molecular flexibility index (Phi) is 7.38. The fourth-order valence-electron chi connectivity index (χ4n) is 4.07. The fourth-order valence-corrected chi connectivity index (χ4v) is 6.42. The van der Waals surface area contributed by atoms with Gasteiger partial charge in [0.05, 0.1) is 39.3 Å². The Bertz CT molecular complexity index is 1920. The van der Waals surface area contributed by atoms with Crippen molar-refractivity contribution in [2.45, 2.75) is 24.3 Å². The van der Waals surface area contributed by atoms with Crippen LogP contribution in [0, 0.1) is 0 Å². The number of hydrogen-bond donors (Lipinski definition) is 4. The number of benzene rings is 3. The number of imidazole rings is 1. The Hall–Kier alpha value is -4.53. The lowest BCUT2D eigenvalue weighted by Gasteiger charge is -2.17. The molecule has 0 saturated heterocycles. The predicted molar refractivity (Wildman–Crippen MR) is 151 cm³/mol. The lowest BCUT2D eigenvalue weighted by atomic mass is 10.0. The van der Waals surface area contributed by atoms with E-state index in [9.17, 15) is 18.0 Å². The third-order valence-corrected chi connectivity index (χ3v) is 8.54. The minimum absolute atomic E-state index is 0.00457. The van der Waals surface area contributed by atoms with Crippen LogP contribution in [0.1, 0.15) is 29.1 Å². The van der Waals surface area contributed by atoms with E-state index in [1.165, 1.54) is 36.5 Å². The minimum atomic E-state index is -4.05. The van der Waals surface area contributed by atoms with Gasteiger partial charge in [-0.3, -0.25) is 0 Å². The number of methoxy groups -OCH3 is 1. The van der Waals surface area contributed by atoms with E-state index in [1.54, 1.807) is 31.4 Å². The number of thiazole rings is 1. The fraction of sp³-hybridized carbons (Fsp3) is 0.154. The SMILES string of the molecule is COc1ccc2nc(C(Cc3cccc(C(N)=NOC(C)=O)c3)NS(=O)(=O)c3ccc4[nH]c(=O)[nH]c4c3)sc2c1. The summed E-state index contributed by atoms with van der Waals surface area (Å²) < 4.78 is 36.0. The number of sulfonamides is 1. The Morgan fingerprint density at radius 3 is 2.70 bits per heavy atom. The molecule has 40 heavy (non-hydrogen) atoms. The number of carbonyl (C=O) groups is 1. The van der Waals surface area contributed by atoms with Crippen LogP contribution < -0.4 is 20.9 Å². The second kappa shape index (κ2) is 10.9. The molecule has 2 heterocycles. The molecule has 0 fully saturated rings. The zero-order valence-electron chi connectivity index (χ0n) is 21.3. The summed E-state index contributed by atoms with van der Waals surface area (Å²) in [5.41, 5.74) is 8.32. The molecule has 2 aromatic heterocycles.